The highest BCUT2D eigenvalue weighted by Crippen LogP contribution is 2.58. The first kappa shape index (κ1) is 25.4. The summed E-state index contributed by atoms with van der Waals surface area (Å²) in [5.74, 6) is -1.38. The molecule has 2 aromatic carbocycles. The Morgan fingerprint density at radius 3 is 2.46 bits per heavy atom. The van der Waals surface area contributed by atoms with E-state index in [1.807, 2.05) is 19.9 Å². The van der Waals surface area contributed by atoms with Crippen molar-refractivity contribution in [2.75, 3.05) is 23.5 Å². The summed E-state index contributed by atoms with van der Waals surface area (Å²) in [5.41, 5.74) is 7.10. The molecule has 0 radical (unpaired) electrons. The molecular weight excluding hydrogens is 513 g/mol. The van der Waals surface area contributed by atoms with Gasteiger partial charge in [0.25, 0.3) is 0 Å². The van der Waals surface area contributed by atoms with E-state index in [0.717, 1.165) is 0 Å². The van der Waals surface area contributed by atoms with Gasteiger partial charge in [-0.25, -0.2) is 4.79 Å². The number of anilines is 2. The van der Waals surface area contributed by atoms with E-state index in [2.05, 4.69) is 0 Å². The molecule has 3 aliphatic rings. The van der Waals surface area contributed by atoms with Crippen molar-refractivity contribution < 1.29 is 19.1 Å². The van der Waals surface area contributed by atoms with E-state index < -0.39 is 22.7 Å². The van der Waals surface area contributed by atoms with Crippen molar-refractivity contribution in [2.45, 2.75) is 39.0 Å². The zero-order chi connectivity index (χ0) is 26.9. The number of rotatable bonds is 3. The predicted octanol–water partition coefficient (Wildman–Crippen LogP) is 5.10. The number of halogens is 2. The number of allylic oxidation sites excluding steroid dienone is 1. The molecule has 7 nitrogen and oxygen atoms in total. The first-order valence-corrected chi connectivity index (χ1v) is 12.8. The smallest absolute Gasteiger partial charge is 0.339 e. The molecule has 1 atom stereocenters. The summed E-state index contributed by atoms with van der Waals surface area (Å²) in [6.45, 7) is 5.73. The molecule has 0 saturated carbocycles. The van der Waals surface area contributed by atoms with Crippen molar-refractivity contribution in [1.29, 1.82) is 0 Å². The lowest BCUT2D eigenvalue weighted by Crippen LogP contribution is -2.55. The number of Topliss-reactive ketones (excluding diaryl/α,β-unsaturated/α-hetero) is 1. The molecule has 0 bridgehead atoms. The van der Waals surface area contributed by atoms with Gasteiger partial charge < -0.3 is 15.4 Å². The van der Waals surface area contributed by atoms with Gasteiger partial charge in [-0.15, -0.1) is 0 Å². The second-order valence-electron chi connectivity index (χ2n) is 10.3. The minimum Gasteiger partial charge on any atom is -0.462 e. The molecule has 192 valence electrons. The number of carbonyl (C=O) groups excluding carboxylic acids is 3. The van der Waals surface area contributed by atoms with E-state index in [-0.39, 0.29) is 40.8 Å². The highest BCUT2D eigenvalue weighted by Gasteiger charge is 2.64. The molecule has 2 N–H and O–H groups in total. The number of carbonyl (C=O) groups is 3. The fraction of sp³-hybridized carbons (Fsp3) is 0.321. The Balaban J connectivity index is 1.94. The predicted molar refractivity (Wildman–Crippen MR) is 143 cm³/mol. The van der Waals surface area contributed by atoms with Crippen LogP contribution in [0.3, 0.4) is 0 Å². The van der Waals surface area contributed by atoms with Gasteiger partial charge in [-0.3, -0.25) is 14.5 Å². The van der Waals surface area contributed by atoms with Crippen LogP contribution in [0.1, 0.15) is 39.2 Å². The van der Waals surface area contributed by atoms with Gasteiger partial charge in [0.05, 0.1) is 16.7 Å². The number of ketones is 1. The fourth-order valence-corrected chi connectivity index (χ4v) is 6.19. The highest BCUT2D eigenvalue weighted by molar-refractivity contribution is 6.42. The van der Waals surface area contributed by atoms with Gasteiger partial charge in [0, 0.05) is 41.7 Å². The number of ether oxygens (including phenoxy) is 1. The minimum absolute atomic E-state index is 0.0135. The van der Waals surface area contributed by atoms with Crippen molar-refractivity contribution in [3.05, 3.63) is 80.7 Å². The Labute approximate surface area is 225 Å². The van der Waals surface area contributed by atoms with Gasteiger partial charge in [-0.05, 0) is 43.0 Å². The van der Waals surface area contributed by atoms with E-state index >= 15 is 0 Å². The maximum atomic E-state index is 14.3. The maximum Gasteiger partial charge on any atom is 0.339 e. The molecule has 2 heterocycles. The largest absolute Gasteiger partial charge is 0.462 e. The molecule has 2 aliphatic heterocycles. The normalized spacial score (nSPS) is 22.5. The number of esters is 1. The standard InChI is InChI=1S/C28H27Cl2N3O4/c1-5-37-25(35)23-24(31)33(15-10-11-17(29)18(30)12-15)20-13-27(2,3)14-21(34)22(20)28(23)16-8-6-7-9-19(16)32(4)26(28)36/h6-12H,5,13-14,31H2,1-4H3. The van der Waals surface area contributed by atoms with Crippen LogP contribution in [0.5, 0.6) is 0 Å². The Bertz CT molecular complexity index is 1440. The fourth-order valence-electron chi connectivity index (χ4n) is 5.90. The van der Waals surface area contributed by atoms with Crippen molar-refractivity contribution >= 4 is 52.2 Å². The molecule has 1 aliphatic carbocycles. The number of benzene rings is 2. The average Bonchev–Trinajstić information content (AvgIpc) is 3.03. The molecule has 2 aromatic rings. The van der Waals surface area contributed by atoms with E-state index in [4.69, 9.17) is 33.7 Å². The zero-order valence-electron chi connectivity index (χ0n) is 21.0. The second-order valence-corrected chi connectivity index (χ2v) is 11.1. The van der Waals surface area contributed by atoms with Crippen molar-refractivity contribution in [2.24, 2.45) is 11.1 Å². The number of nitrogens with zero attached hydrogens (tertiary/aromatic N) is 2. The Morgan fingerprint density at radius 1 is 1.08 bits per heavy atom. The van der Waals surface area contributed by atoms with Gasteiger partial charge in [0.15, 0.2) is 5.78 Å². The molecule has 37 heavy (non-hydrogen) atoms. The SMILES string of the molecule is CCOC(=O)C1=C(N)N(c2ccc(Cl)c(Cl)c2)C2=C(C(=O)CC(C)(C)C2)C12C(=O)N(C)c1ccccc12. The summed E-state index contributed by atoms with van der Waals surface area (Å²) in [6, 6.07) is 12.1. The van der Waals surface area contributed by atoms with Gasteiger partial charge in [0.1, 0.15) is 16.8 Å². The molecule has 1 unspecified atom stereocenters. The first-order valence-electron chi connectivity index (χ1n) is 12.0. The van der Waals surface area contributed by atoms with Gasteiger partial charge in [-0.1, -0.05) is 55.2 Å². The van der Waals surface area contributed by atoms with Gasteiger partial charge >= 0.3 is 5.97 Å². The van der Waals surface area contributed by atoms with Gasteiger partial charge in [-0.2, -0.15) is 0 Å². The number of likely N-dealkylation sites (N-methyl/N-ethyl adjacent to an activating group) is 1. The topological polar surface area (TPSA) is 92.9 Å². The molecule has 9 heteroatoms. The molecule has 1 spiro atoms. The lowest BCUT2D eigenvalue weighted by atomic mass is 9.60. The third-order valence-electron chi connectivity index (χ3n) is 7.31. The minimum atomic E-state index is -1.72. The summed E-state index contributed by atoms with van der Waals surface area (Å²) in [7, 11) is 1.64. The summed E-state index contributed by atoms with van der Waals surface area (Å²) in [6.07, 6.45) is 0.643. The molecule has 1 amide bonds. The Hall–Kier alpha value is -3.29. The number of para-hydroxylation sites is 1. The lowest BCUT2D eigenvalue weighted by Gasteiger charge is -2.47. The van der Waals surface area contributed by atoms with E-state index in [9.17, 15) is 14.4 Å². The average molecular weight is 540 g/mol. The van der Waals surface area contributed by atoms with Gasteiger partial charge in [0.2, 0.25) is 5.91 Å². The van der Waals surface area contributed by atoms with Crippen LogP contribution in [0.2, 0.25) is 10.0 Å². The van der Waals surface area contributed by atoms with Crippen LogP contribution in [0.4, 0.5) is 11.4 Å². The van der Waals surface area contributed by atoms with Crippen LogP contribution in [0.25, 0.3) is 0 Å². The van der Waals surface area contributed by atoms with Crippen LogP contribution < -0.4 is 15.5 Å². The Kier molecular flexibility index (Phi) is 5.92. The molecule has 5 rings (SSSR count). The highest BCUT2D eigenvalue weighted by atomic mass is 35.5. The van der Waals surface area contributed by atoms with Crippen molar-refractivity contribution in [3.8, 4) is 0 Å². The summed E-state index contributed by atoms with van der Waals surface area (Å²) in [4.78, 5) is 45.2. The monoisotopic (exact) mass is 539 g/mol. The van der Waals surface area contributed by atoms with E-state index in [1.165, 1.54) is 4.90 Å². The number of nitrogens with two attached hydrogens (primary N) is 1. The quantitative estimate of drug-likeness (QED) is 0.545. The zero-order valence-corrected chi connectivity index (χ0v) is 22.5. The number of hydrogen-bond donors (Lipinski definition) is 1. The van der Waals surface area contributed by atoms with Crippen LogP contribution in [0, 0.1) is 5.41 Å². The number of hydrogen-bond acceptors (Lipinski definition) is 6. The second kappa shape index (κ2) is 8.64. The Morgan fingerprint density at radius 2 is 1.78 bits per heavy atom. The van der Waals surface area contributed by atoms with Crippen LogP contribution >= 0.6 is 23.2 Å². The third-order valence-corrected chi connectivity index (χ3v) is 8.04. The molecule has 0 fully saturated rings. The number of amides is 1. The lowest BCUT2D eigenvalue weighted by molar-refractivity contribution is -0.140. The van der Waals surface area contributed by atoms with Crippen LogP contribution in [-0.4, -0.2) is 31.3 Å². The maximum absolute atomic E-state index is 14.3. The molecular formula is C28H27Cl2N3O4. The summed E-state index contributed by atoms with van der Waals surface area (Å²) < 4.78 is 5.46. The van der Waals surface area contributed by atoms with E-state index in [0.29, 0.717) is 34.1 Å². The van der Waals surface area contributed by atoms with Crippen molar-refractivity contribution in [3.63, 3.8) is 0 Å². The van der Waals surface area contributed by atoms with Crippen LogP contribution in [0.15, 0.2) is 65.1 Å². The summed E-state index contributed by atoms with van der Waals surface area (Å²) in [5, 5.41) is 0.637. The summed E-state index contributed by atoms with van der Waals surface area (Å²) >= 11 is 12.6. The third kappa shape index (κ3) is 3.51. The number of fused-ring (bicyclic) bond motifs is 3. The molecule has 0 saturated heterocycles. The van der Waals surface area contributed by atoms with Crippen LogP contribution in [-0.2, 0) is 24.5 Å². The first-order chi connectivity index (χ1) is 17.5. The van der Waals surface area contributed by atoms with E-state index in [1.54, 1.807) is 55.3 Å². The van der Waals surface area contributed by atoms with Crippen molar-refractivity contribution in [1.82, 2.24) is 0 Å². The molecule has 0 aromatic heterocycles.